The lowest BCUT2D eigenvalue weighted by atomic mass is 10.2. The van der Waals surface area contributed by atoms with Gasteiger partial charge in [0.15, 0.2) is 0 Å². The maximum atomic E-state index is 12.5. The van der Waals surface area contributed by atoms with E-state index in [2.05, 4.69) is 15.5 Å². The number of aromatic nitrogens is 2. The summed E-state index contributed by atoms with van der Waals surface area (Å²) in [5.41, 5.74) is 1.52. The van der Waals surface area contributed by atoms with Gasteiger partial charge in [-0.3, -0.25) is 10.1 Å². The average Bonchev–Trinajstić information content (AvgIpc) is 3.08. The predicted octanol–water partition coefficient (Wildman–Crippen LogP) is 3.40. The molecule has 0 aliphatic carbocycles. The van der Waals surface area contributed by atoms with E-state index in [4.69, 9.17) is 9.47 Å². The molecule has 3 aromatic rings. The first-order valence-corrected chi connectivity index (χ1v) is 8.41. The van der Waals surface area contributed by atoms with Gasteiger partial charge in [-0.1, -0.05) is 41.7 Å². The molecule has 1 heterocycles. The Hall–Kier alpha value is -2.93. The third-order valence-electron chi connectivity index (χ3n) is 3.54. The van der Waals surface area contributed by atoms with Crippen LogP contribution < -0.4 is 14.8 Å². The SMILES string of the molecule is COc1ccc(OC)c(C(=O)Nc2nnc(Cc3ccccc3)s2)c1. The van der Waals surface area contributed by atoms with Crippen LogP contribution in [-0.2, 0) is 6.42 Å². The van der Waals surface area contributed by atoms with Crippen molar-refractivity contribution < 1.29 is 14.3 Å². The number of amides is 1. The van der Waals surface area contributed by atoms with E-state index in [1.54, 1.807) is 25.3 Å². The van der Waals surface area contributed by atoms with E-state index < -0.39 is 0 Å². The highest BCUT2D eigenvalue weighted by atomic mass is 32.1. The van der Waals surface area contributed by atoms with Gasteiger partial charge in [-0.05, 0) is 23.8 Å². The minimum absolute atomic E-state index is 0.321. The smallest absolute Gasteiger partial charge is 0.261 e. The van der Waals surface area contributed by atoms with Gasteiger partial charge in [0, 0.05) is 6.42 Å². The van der Waals surface area contributed by atoms with Crippen LogP contribution in [0.15, 0.2) is 48.5 Å². The van der Waals surface area contributed by atoms with Crippen molar-refractivity contribution in [3.05, 3.63) is 64.7 Å². The first kappa shape index (κ1) is 16.9. The zero-order valence-electron chi connectivity index (χ0n) is 13.9. The van der Waals surface area contributed by atoms with Crippen LogP contribution in [0.25, 0.3) is 0 Å². The highest BCUT2D eigenvalue weighted by molar-refractivity contribution is 7.15. The molecule has 0 unspecified atom stereocenters. The maximum Gasteiger partial charge on any atom is 0.261 e. The van der Waals surface area contributed by atoms with Gasteiger partial charge in [-0.2, -0.15) is 0 Å². The molecule has 0 saturated carbocycles. The first-order chi connectivity index (χ1) is 12.2. The van der Waals surface area contributed by atoms with E-state index in [1.165, 1.54) is 18.4 Å². The van der Waals surface area contributed by atoms with Crippen molar-refractivity contribution in [1.29, 1.82) is 0 Å². The molecule has 0 radical (unpaired) electrons. The van der Waals surface area contributed by atoms with E-state index in [9.17, 15) is 4.79 Å². The lowest BCUT2D eigenvalue weighted by Gasteiger charge is -2.09. The fourth-order valence-electron chi connectivity index (χ4n) is 2.30. The fourth-order valence-corrected chi connectivity index (χ4v) is 3.07. The quantitative estimate of drug-likeness (QED) is 0.734. The summed E-state index contributed by atoms with van der Waals surface area (Å²) in [4.78, 5) is 12.5. The van der Waals surface area contributed by atoms with Crippen LogP contribution in [0.4, 0.5) is 5.13 Å². The van der Waals surface area contributed by atoms with Crippen LogP contribution in [0.2, 0.25) is 0 Å². The van der Waals surface area contributed by atoms with Crippen molar-refractivity contribution >= 4 is 22.4 Å². The minimum Gasteiger partial charge on any atom is -0.497 e. The van der Waals surface area contributed by atoms with Gasteiger partial charge in [0.05, 0.1) is 19.8 Å². The standard InChI is InChI=1S/C18H17N3O3S/c1-23-13-8-9-15(24-2)14(11-13)17(22)19-18-21-20-16(25-18)10-12-6-4-3-5-7-12/h3-9,11H,10H2,1-2H3,(H,19,21,22). The van der Waals surface area contributed by atoms with Crippen molar-refractivity contribution in [2.75, 3.05) is 19.5 Å². The number of carbonyl (C=O) groups is 1. The minimum atomic E-state index is -0.321. The Morgan fingerprint density at radius 2 is 1.88 bits per heavy atom. The number of methoxy groups -OCH3 is 2. The second-order valence-electron chi connectivity index (χ2n) is 5.18. The number of ether oxygens (including phenoxy) is 2. The molecule has 1 amide bonds. The number of hydrogen-bond donors (Lipinski definition) is 1. The Bertz CT molecular complexity index is 865. The van der Waals surface area contributed by atoms with Gasteiger partial charge in [0.1, 0.15) is 16.5 Å². The van der Waals surface area contributed by atoms with Gasteiger partial charge >= 0.3 is 0 Å². The van der Waals surface area contributed by atoms with E-state index in [0.717, 1.165) is 10.6 Å². The summed E-state index contributed by atoms with van der Waals surface area (Å²) in [5, 5.41) is 12.2. The molecule has 2 aromatic carbocycles. The molecular formula is C18H17N3O3S. The lowest BCUT2D eigenvalue weighted by molar-refractivity contribution is 0.102. The molecule has 0 aliphatic heterocycles. The number of hydrogen-bond acceptors (Lipinski definition) is 6. The zero-order valence-corrected chi connectivity index (χ0v) is 14.7. The normalized spacial score (nSPS) is 10.3. The molecule has 3 rings (SSSR count). The summed E-state index contributed by atoms with van der Waals surface area (Å²) in [7, 11) is 3.06. The topological polar surface area (TPSA) is 73.3 Å². The van der Waals surface area contributed by atoms with Crippen LogP contribution >= 0.6 is 11.3 Å². The second-order valence-corrected chi connectivity index (χ2v) is 6.25. The molecular weight excluding hydrogens is 338 g/mol. The van der Waals surface area contributed by atoms with Crippen LogP contribution in [0, 0.1) is 0 Å². The summed E-state index contributed by atoms with van der Waals surface area (Å²) >= 11 is 1.35. The van der Waals surface area contributed by atoms with Crippen molar-refractivity contribution in [3.63, 3.8) is 0 Å². The molecule has 7 heteroatoms. The maximum absolute atomic E-state index is 12.5. The summed E-state index contributed by atoms with van der Waals surface area (Å²) < 4.78 is 10.4. The lowest BCUT2D eigenvalue weighted by Crippen LogP contribution is -2.13. The van der Waals surface area contributed by atoms with Gasteiger partial charge in [-0.25, -0.2) is 0 Å². The monoisotopic (exact) mass is 355 g/mol. The summed E-state index contributed by atoms with van der Waals surface area (Å²) in [6.07, 6.45) is 0.677. The molecule has 0 saturated heterocycles. The Labute approximate surface area is 149 Å². The summed E-state index contributed by atoms with van der Waals surface area (Å²) in [6.45, 7) is 0. The molecule has 0 spiro atoms. The Balaban J connectivity index is 1.73. The summed E-state index contributed by atoms with van der Waals surface area (Å²) in [5.74, 6) is 0.721. The molecule has 0 fully saturated rings. The number of carbonyl (C=O) groups excluding carboxylic acids is 1. The fraction of sp³-hybridized carbons (Fsp3) is 0.167. The third-order valence-corrected chi connectivity index (χ3v) is 4.38. The molecule has 6 nitrogen and oxygen atoms in total. The average molecular weight is 355 g/mol. The Kier molecular flexibility index (Phi) is 5.25. The van der Waals surface area contributed by atoms with Crippen molar-refractivity contribution in [1.82, 2.24) is 10.2 Å². The first-order valence-electron chi connectivity index (χ1n) is 7.59. The van der Waals surface area contributed by atoms with Crippen LogP contribution in [-0.4, -0.2) is 30.3 Å². The molecule has 128 valence electrons. The van der Waals surface area contributed by atoms with Crippen LogP contribution in [0.5, 0.6) is 11.5 Å². The predicted molar refractivity (Wildman–Crippen MR) is 96.7 cm³/mol. The molecule has 0 atom stereocenters. The van der Waals surface area contributed by atoms with Crippen molar-refractivity contribution in [3.8, 4) is 11.5 Å². The largest absolute Gasteiger partial charge is 0.497 e. The Morgan fingerprint density at radius 1 is 1.08 bits per heavy atom. The number of anilines is 1. The van der Waals surface area contributed by atoms with Gasteiger partial charge in [-0.15, -0.1) is 10.2 Å². The van der Waals surface area contributed by atoms with Crippen molar-refractivity contribution in [2.24, 2.45) is 0 Å². The van der Waals surface area contributed by atoms with E-state index in [1.807, 2.05) is 30.3 Å². The van der Waals surface area contributed by atoms with Crippen LogP contribution in [0.3, 0.4) is 0 Å². The summed E-state index contributed by atoms with van der Waals surface area (Å²) in [6, 6.07) is 15.0. The molecule has 1 N–H and O–H groups in total. The zero-order chi connectivity index (χ0) is 17.6. The van der Waals surface area contributed by atoms with Gasteiger partial charge in [0.25, 0.3) is 5.91 Å². The molecule has 25 heavy (non-hydrogen) atoms. The van der Waals surface area contributed by atoms with Crippen LogP contribution in [0.1, 0.15) is 20.9 Å². The van der Waals surface area contributed by atoms with E-state index >= 15 is 0 Å². The van der Waals surface area contributed by atoms with Gasteiger partial charge in [0.2, 0.25) is 5.13 Å². The van der Waals surface area contributed by atoms with E-state index in [-0.39, 0.29) is 5.91 Å². The molecule has 0 aliphatic rings. The number of rotatable bonds is 6. The second kappa shape index (κ2) is 7.76. The number of nitrogens with one attached hydrogen (secondary N) is 1. The third kappa shape index (κ3) is 4.13. The number of nitrogens with zero attached hydrogens (tertiary/aromatic N) is 2. The molecule has 1 aromatic heterocycles. The van der Waals surface area contributed by atoms with Gasteiger partial charge < -0.3 is 9.47 Å². The highest BCUT2D eigenvalue weighted by Crippen LogP contribution is 2.26. The molecule has 0 bridgehead atoms. The van der Waals surface area contributed by atoms with Crippen molar-refractivity contribution in [2.45, 2.75) is 6.42 Å². The number of benzene rings is 2. The Morgan fingerprint density at radius 3 is 2.60 bits per heavy atom. The highest BCUT2D eigenvalue weighted by Gasteiger charge is 2.16. The van der Waals surface area contributed by atoms with E-state index in [0.29, 0.717) is 28.6 Å².